The number of nitrogens with zero attached hydrogens (tertiary/aromatic N) is 2. The number of nitrogens with one attached hydrogen (secondary N) is 1. The van der Waals surface area contributed by atoms with Gasteiger partial charge in [-0.05, 0) is 48.5 Å². The molecular weight excluding hydrogens is 598 g/mol. The first-order valence-corrected chi connectivity index (χ1v) is 12.8. The normalized spacial score (nSPS) is 10.5. The summed E-state index contributed by atoms with van der Waals surface area (Å²) in [5.74, 6) is -10.0. The minimum atomic E-state index is -1.54. The van der Waals surface area contributed by atoms with Gasteiger partial charge in [-0.15, -0.1) is 0 Å². The molecule has 0 aliphatic rings. The lowest BCUT2D eigenvalue weighted by molar-refractivity contribution is 0.0695. The fourth-order valence-corrected chi connectivity index (χ4v) is 3.87. The largest absolute Gasteiger partial charge is 0.504 e. The number of aromatic nitrogens is 1. The van der Waals surface area contributed by atoms with Crippen LogP contribution in [0.25, 0.3) is 0 Å². The number of aromatic carboxylic acids is 1. The van der Waals surface area contributed by atoms with Crippen LogP contribution in [0.5, 0.6) is 52.0 Å². The molecule has 0 unspecified atom stereocenters. The van der Waals surface area contributed by atoms with Gasteiger partial charge in [-0.3, -0.25) is 10.2 Å². The Morgan fingerprint density at radius 1 is 0.822 bits per heavy atom. The summed E-state index contributed by atoms with van der Waals surface area (Å²) in [6.07, 6.45) is 0. The number of phenols is 1. The molecule has 1 aromatic heterocycles. The maximum Gasteiger partial charge on any atom is 0.335 e. The van der Waals surface area contributed by atoms with Gasteiger partial charge in [0.15, 0.2) is 23.0 Å². The second-order valence-corrected chi connectivity index (χ2v) is 9.32. The van der Waals surface area contributed by atoms with Gasteiger partial charge >= 0.3 is 5.97 Å². The minimum absolute atomic E-state index is 0.0776. The van der Waals surface area contributed by atoms with Gasteiger partial charge in [-0.25, -0.2) is 4.79 Å². The molecule has 0 radical (unpaired) electrons. The molecule has 1 amide bonds. The number of nitrogen functional groups attached to an aromatic ring is 1. The van der Waals surface area contributed by atoms with Crippen LogP contribution in [0.1, 0.15) is 26.3 Å². The average Bonchev–Trinajstić information content (AvgIpc) is 3.01. The number of carbonyl (C=O) groups is 2. The van der Waals surface area contributed by atoms with Crippen molar-refractivity contribution in [3.05, 3.63) is 82.9 Å². The number of aromatic hydroxyl groups is 1. The highest BCUT2D eigenvalue weighted by Crippen LogP contribution is 2.45. The first kappa shape index (κ1) is 31.8. The summed E-state index contributed by atoms with van der Waals surface area (Å²) in [5.41, 5.74) is 5.43. The molecule has 45 heavy (non-hydrogen) atoms. The number of carboxylic acid groups (broad SMARTS) is 1. The van der Waals surface area contributed by atoms with Crippen molar-refractivity contribution in [3.8, 4) is 52.0 Å². The Balaban J connectivity index is 1.90. The number of benzene rings is 3. The molecular formula is C30H26F2N4O9. The van der Waals surface area contributed by atoms with Gasteiger partial charge in [0, 0.05) is 25.2 Å². The predicted octanol–water partition coefficient (Wildman–Crippen LogP) is 5.14. The van der Waals surface area contributed by atoms with Crippen LogP contribution in [-0.2, 0) is 0 Å². The van der Waals surface area contributed by atoms with Crippen LogP contribution in [0, 0.1) is 17.0 Å². The number of halogens is 2. The van der Waals surface area contributed by atoms with Crippen molar-refractivity contribution in [2.75, 3.05) is 28.3 Å². The summed E-state index contributed by atoms with van der Waals surface area (Å²) in [6.45, 7) is 0. The zero-order chi connectivity index (χ0) is 33.0. The van der Waals surface area contributed by atoms with E-state index in [2.05, 4.69) is 4.98 Å². The lowest BCUT2D eigenvalue weighted by atomic mass is 10.2. The Kier molecular flexibility index (Phi) is 9.21. The van der Waals surface area contributed by atoms with Gasteiger partial charge < -0.3 is 44.5 Å². The van der Waals surface area contributed by atoms with Crippen LogP contribution in [0.15, 0.2) is 54.6 Å². The Bertz CT molecular complexity index is 1820. The van der Waals surface area contributed by atoms with Crippen LogP contribution in [0.3, 0.4) is 0 Å². The van der Waals surface area contributed by atoms with E-state index in [1.54, 1.807) is 0 Å². The van der Waals surface area contributed by atoms with Crippen LogP contribution in [-0.4, -0.2) is 66.1 Å². The number of phenolic OH excluding ortho intramolecular Hbond substituents is 1. The third-order valence-corrected chi connectivity index (χ3v) is 6.06. The van der Waals surface area contributed by atoms with Crippen molar-refractivity contribution < 1.29 is 52.3 Å². The minimum Gasteiger partial charge on any atom is -0.504 e. The van der Waals surface area contributed by atoms with E-state index < -0.39 is 58.2 Å². The molecule has 0 aliphatic carbocycles. The number of pyridine rings is 1. The van der Waals surface area contributed by atoms with Crippen molar-refractivity contribution in [1.82, 2.24) is 9.88 Å². The molecule has 0 spiro atoms. The average molecular weight is 625 g/mol. The monoisotopic (exact) mass is 624 g/mol. The van der Waals surface area contributed by atoms with Gasteiger partial charge in [0.05, 0.1) is 19.8 Å². The number of methoxy groups -OCH3 is 2. The quantitative estimate of drug-likeness (QED) is 0.128. The van der Waals surface area contributed by atoms with Crippen molar-refractivity contribution in [1.29, 1.82) is 5.41 Å². The molecule has 13 nitrogen and oxygen atoms in total. The van der Waals surface area contributed by atoms with Gasteiger partial charge in [0.25, 0.3) is 17.7 Å². The summed E-state index contributed by atoms with van der Waals surface area (Å²) in [4.78, 5) is 29.3. The summed E-state index contributed by atoms with van der Waals surface area (Å²) >= 11 is 0. The third-order valence-electron chi connectivity index (χ3n) is 6.06. The lowest BCUT2D eigenvalue weighted by Crippen LogP contribution is -2.21. The van der Waals surface area contributed by atoms with Crippen molar-refractivity contribution in [3.63, 3.8) is 0 Å². The maximum atomic E-state index is 16.0. The van der Waals surface area contributed by atoms with Crippen LogP contribution < -0.4 is 29.4 Å². The number of hydrogen-bond donors (Lipinski definition) is 4. The summed E-state index contributed by atoms with van der Waals surface area (Å²) in [6, 6.07) is 11.2. The number of amides is 1. The molecule has 0 aliphatic heterocycles. The fourth-order valence-electron chi connectivity index (χ4n) is 3.87. The molecule has 0 fully saturated rings. The molecule has 4 aromatic rings. The van der Waals surface area contributed by atoms with Gasteiger partial charge in [0.1, 0.15) is 11.6 Å². The van der Waals surface area contributed by atoms with E-state index in [-0.39, 0.29) is 39.8 Å². The molecule has 15 heteroatoms. The fraction of sp³-hybridized carbons (Fsp3) is 0.133. The predicted molar refractivity (Wildman–Crippen MR) is 154 cm³/mol. The first-order chi connectivity index (χ1) is 21.3. The summed E-state index contributed by atoms with van der Waals surface area (Å²) in [5, 5.41) is 27.5. The molecule has 4 rings (SSSR count). The highest BCUT2D eigenvalue weighted by Gasteiger charge is 2.29. The number of carboxylic acids is 1. The van der Waals surface area contributed by atoms with Gasteiger partial charge in [-0.2, -0.15) is 13.8 Å². The Labute approximate surface area is 254 Å². The van der Waals surface area contributed by atoms with E-state index >= 15 is 8.78 Å². The highest BCUT2D eigenvalue weighted by molar-refractivity contribution is 5.95. The van der Waals surface area contributed by atoms with E-state index in [0.29, 0.717) is 0 Å². The Morgan fingerprint density at radius 3 is 2.07 bits per heavy atom. The molecule has 0 atom stereocenters. The number of amidine groups is 1. The van der Waals surface area contributed by atoms with Crippen molar-refractivity contribution >= 4 is 17.7 Å². The Morgan fingerprint density at radius 2 is 1.47 bits per heavy atom. The lowest BCUT2D eigenvalue weighted by Gasteiger charge is -2.18. The maximum absolute atomic E-state index is 16.0. The van der Waals surface area contributed by atoms with E-state index in [1.165, 1.54) is 63.5 Å². The van der Waals surface area contributed by atoms with E-state index in [9.17, 15) is 19.8 Å². The first-order valence-electron chi connectivity index (χ1n) is 12.8. The second kappa shape index (κ2) is 13.0. The molecule has 0 bridgehead atoms. The SMILES string of the molecule is COc1cc(C(=O)O)cc(Oc2c(F)c(Oc3cccc(C(=O)N(C)C)c3)nc(Oc3cc(C(=N)N)ccc3O)c2F)c1OC. The smallest absolute Gasteiger partial charge is 0.335 e. The molecule has 234 valence electrons. The number of carbonyl (C=O) groups excluding carboxylic acids is 1. The number of nitrogens with two attached hydrogens (primary N) is 1. The zero-order valence-corrected chi connectivity index (χ0v) is 24.2. The Hall–Kier alpha value is -6.12. The van der Waals surface area contributed by atoms with Crippen LogP contribution in [0.4, 0.5) is 8.78 Å². The van der Waals surface area contributed by atoms with Crippen molar-refractivity contribution in [2.45, 2.75) is 0 Å². The van der Waals surface area contributed by atoms with Crippen LogP contribution >= 0.6 is 0 Å². The van der Waals surface area contributed by atoms with E-state index in [0.717, 1.165) is 24.3 Å². The van der Waals surface area contributed by atoms with Gasteiger partial charge in [-0.1, -0.05) is 6.07 Å². The third kappa shape index (κ3) is 6.77. The topological polar surface area (TPSA) is 187 Å². The molecule has 0 saturated carbocycles. The standard InChI is InChI=1S/C30H26F2N4O9/c1-36(2)29(38)15-6-5-7-17(10-15)43-27-22(31)25(44-21-13-16(30(39)40)12-20(41-3)24(21)42-4)23(32)28(35-27)45-19-11-14(26(33)34)8-9-18(19)37/h5-13,37H,1-4H3,(H3,33,34)(H,39,40). The van der Waals surface area contributed by atoms with E-state index in [1.807, 2.05) is 0 Å². The van der Waals surface area contributed by atoms with E-state index in [4.69, 9.17) is 34.8 Å². The molecule has 0 saturated heterocycles. The second-order valence-electron chi connectivity index (χ2n) is 9.32. The summed E-state index contributed by atoms with van der Waals surface area (Å²) < 4.78 is 58.9. The van der Waals surface area contributed by atoms with Crippen LogP contribution in [0.2, 0.25) is 0 Å². The summed E-state index contributed by atoms with van der Waals surface area (Å²) in [7, 11) is 5.47. The number of rotatable bonds is 11. The zero-order valence-electron chi connectivity index (χ0n) is 24.2. The molecule has 1 heterocycles. The highest BCUT2D eigenvalue weighted by atomic mass is 19.1. The van der Waals surface area contributed by atoms with Crippen molar-refractivity contribution in [2.24, 2.45) is 5.73 Å². The number of ether oxygens (including phenoxy) is 5. The van der Waals surface area contributed by atoms with Gasteiger partial charge in [0.2, 0.25) is 23.1 Å². The number of hydrogen-bond acceptors (Lipinski definition) is 10. The molecule has 5 N–H and O–H groups in total. The molecule has 3 aromatic carbocycles.